The first-order valence-electron chi connectivity index (χ1n) is 9.67. The molecule has 0 fully saturated rings. The van der Waals surface area contributed by atoms with Crippen LogP contribution in [-0.2, 0) is 27.5 Å². The van der Waals surface area contributed by atoms with E-state index in [1.165, 1.54) is 38.5 Å². The maximum absolute atomic E-state index is 8.34. The first kappa shape index (κ1) is 35.7. The molecular weight excluding hydrogens is 379 g/mol. The molecule has 24 heavy (non-hydrogen) atoms. The van der Waals surface area contributed by atoms with E-state index in [2.05, 4.69) is 41.5 Å². The number of aliphatic hydroxyl groups excluding tert-OH is 2. The second kappa shape index (κ2) is 56.5. The van der Waals surface area contributed by atoms with Crippen LogP contribution in [0, 0.1) is 13.8 Å². The van der Waals surface area contributed by atoms with Gasteiger partial charge in [0.05, 0.1) is 0 Å². The summed E-state index contributed by atoms with van der Waals surface area (Å²) in [5, 5.41) is 16.4. The minimum atomic E-state index is 0.300. The molecule has 148 valence electrons. The zero-order valence-electron chi connectivity index (χ0n) is 17.1. The predicted octanol–water partition coefficient (Wildman–Crippen LogP) is 6.24. The van der Waals surface area contributed by atoms with Gasteiger partial charge in [-0.2, -0.15) is 12.8 Å². The van der Waals surface area contributed by atoms with E-state index >= 15 is 0 Å². The molecule has 0 radical (unpaired) electrons. The zero-order valence-corrected chi connectivity index (χ0v) is 19.6. The molecule has 0 saturated heterocycles. The van der Waals surface area contributed by atoms with Crippen LogP contribution in [0.3, 0.4) is 0 Å². The van der Waals surface area contributed by atoms with Crippen LogP contribution < -0.4 is 0 Å². The van der Waals surface area contributed by atoms with Crippen LogP contribution in [0.25, 0.3) is 0 Å². The zero-order chi connectivity index (χ0) is 19.9. The van der Waals surface area contributed by atoms with Gasteiger partial charge in [-0.1, -0.05) is 79.1 Å². The molecule has 0 aliphatic heterocycles. The summed E-state index contributed by atoms with van der Waals surface area (Å²) < 4.78 is 8.34. The molecule has 0 atom stereocenters. The Bertz CT molecular complexity index is 110. The van der Waals surface area contributed by atoms with E-state index in [4.69, 9.17) is 13.0 Å². The Balaban J connectivity index is -0.0000000647. The van der Waals surface area contributed by atoms with E-state index in [1.807, 2.05) is 0 Å². The van der Waals surface area contributed by atoms with Gasteiger partial charge in [-0.3, -0.25) is 0 Å². The molecular formula is C20H46O3Zr. The van der Waals surface area contributed by atoms with Crippen LogP contribution in [-0.4, -0.2) is 23.4 Å². The molecule has 0 rings (SSSR count). The van der Waals surface area contributed by atoms with E-state index in [9.17, 15) is 0 Å². The Morgan fingerprint density at radius 2 is 0.833 bits per heavy atom. The van der Waals surface area contributed by atoms with Crippen LogP contribution in [0.1, 0.15) is 105 Å². The summed E-state index contributed by atoms with van der Waals surface area (Å²) in [6.07, 6.45) is 14.0. The van der Waals surface area contributed by atoms with Crippen molar-refractivity contribution in [3.05, 3.63) is 13.8 Å². The molecule has 0 aromatic heterocycles. The van der Waals surface area contributed by atoms with Gasteiger partial charge in [0.25, 0.3) is 0 Å². The summed E-state index contributed by atoms with van der Waals surface area (Å²) in [6.45, 7) is 16.6. The van der Waals surface area contributed by atoms with E-state index in [1.54, 1.807) is 0 Å². The van der Waals surface area contributed by atoms with Gasteiger partial charge < -0.3 is 24.1 Å². The van der Waals surface area contributed by atoms with E-state index in [-0.39, 0.29) is 0 Å². The van der Waals surface area contributed by atoms with Crippen LogP contribution in [0.4, 0.5) is 0 Å². The van der Waals surface area contributed by atoms with E-state index in [0.717, 1.165) is 38.5 Å². The third-order valence-electron chi connectivity index (χ3n) is 2.73. The van der Waals surface area contributed by atoms with Crippen molar-refractivity contribution in [2.75, 3.05) is 13.2 Å². The normalized spacial score (nSPS) is 8.25. The summed E-state index contributed by atoms with van der Waals surface area (Å²) in [6, 6.07) is 0. The summed E-state index contributed by atoms with van der Waals surface area (Å²) in [7, 11) is 0. The Hall–Kier alpha value is 0.603. The molecule has 0 heterocycles. The first-order chi connectivity index (χ1) is 11.7. The van der Waals surface area contributed by atoms with Gasteiger partial charge in [0.2, 0.25) is 0 Å². The van der Waals surface area contributed by atoms with Gasteiger partial charge in [-0.05, 0) is 12.8 Å². The number of hydrogen-bond acceptors (Lipinski definition) is 3. The van der Waals surface area contributed by atoms with Crippen LogP contribution >= 0.6 is 0 Å². The second-order valence-corrected chi connectivity index (χ2v) is 5.28. The fourth-order valence-electron chi connectivity index (χ4n) is 1.22. The molecule has 0 aliphatic carbocycles. The van der Waals surface area contributed by atoms with Gasteiger partial charge >= 0.3 is 27.5 Å². The molecule has 0 amide bonds. The Morgan fingerprint density at radius 1 is 0.583 bits per heavy atom. The van der Waals surface area contributed by atoms with Crippen molar-refractivity contribution in [1.82, 2.24) is 0 Å². The fourth-order valence-corrected chi connectivity index (χ4v) is 1.22. The molecule has 4 heteroatoms. The second-order valence-electron chi connectivity index (χ2n) is 5.28. The monoisotopic (exact) mass is 424 g/mol. The molecule has 0 aliphatic rings. The van der Waals surface area contributed by atoms with Gasteiger partial charge in [0.15, 0.2) is 0 Å². The van der Waals surface area contributed by atoms with Crippen LogP contribution in [0.15, 0.2) is 0 Å². The van der Waals surface area contributed by atoms with Crippen molar-refractivity contribution in [3.8, 4) is 0 Å². The Morgan fingerprint density at radius 3 is 0.875 bits per heavy atom. The molecule has 0 bridgehead atoms. The van der Waals surface area contributed by atoms with Crippen molar-refractivity contribution < 1.29 is 37.7 Å². The van der Waals surface area contributed by atoms with Crippen molar-refractivity contribution in [2.24, 2.45) is 0 Å². The van der Waals surface area contributed by atoms with Crippen LogP contribution in [0.5, 0.6) is 0 Å². The Kier molecular flexibility index (Phi) is 84.0. The summed E-state index contributed by atoms with van der Waals surface area (Å²) in [5.41, 5.74) is 0. The third-order valence-corrected chi connectivity index (χ3v) is 2.73. The molecule has 0 aromatic carbocycles. The van der Waals surface area contributed by atoms with Crippen molar-refractivity contribution in [3.63, 3.8) is 0 Å². The average molecular weight is 426 g/mol. The SMILES string of the molecule is CCCCCO.CCCCCO.[CH2-]CCCC.[CH2-]CCCC.[O]=[Zr+2]. The van der Waals surface area contributed by atoms with Gasteiger partial charge in [0, 0.05) is 13.2 Å². The minimum absolute atomic E-state index is 0.300. The average Bonchev–Trinajstić information content (AvgIpc) is 2.63. The molecule has 3 nitrogen and oxygen atoms in total. The maximum atomic E-state index is 8.34. The molecule has 2 N–H and O–H groups in total. The Labute approximate surface area is 169 Å². The standard InChI is InChI=1S/2C5H12O.2C5H11.O.Zr/c2*1-2-3-4-5-6;2*1-3-5-4-2;;/h2*6H,2-5H2,1H3;2*1,3-5H2,2H3;;/q;;2*-1;;+2. The van der Waals surface area contributed by atoms with Gasteiger partial charge in [-0.25, -0.2) is 0 Å². The molecule has 0 spiro atoms. The van der Waals surface area contributed by atoms with Crippen molar-refractivity contribution in [2.45, 2.75) is 105 Å². The molecule has 0 unspecified atom stereocenters. The number of unbranched alkanes of at least 4 members (excludes halogenated alkanes) is 8. The van der Waals surface area contributed by atoms with Gasteiger partial charge in [0.1, 0.15) is 0 Å². The number of hydrogen-bond donors (Lipinski definition) is 2. The summed E-state index contributed by atoms with van der Waals surface area (Å²) >= 11 is 0.300. The third kappa shape index (κ3) is 93.8. The van der Waals surface area contributed by atoms with Gasteiger partial charge in [-0.15, -0.1) is 0 Å². The van der Waals surface area contributed by atoms with E-state index in [0.29, 0.717) is 37.9 Å². The number of aliphatic hydroxyl groups is 2. The first-order valence-corrected chi connectivity index (χ1v) is 10.7. The number of rotatable bonds is 10. The van der Waals surface area contributed by atoms with Crippen molar-refractivity contribution in [1.29, 1.82) is 0 Å². The molecule has 0 aromatic rings. The topological polar surface area (TPSA) is 57.5 Å². The quantitative estimate of drug-likeness (QED) is 0.322. The fraction of sp³-hybridized carbons (Fsp3) is 0.900. The van der Waals surface area contributed by atoms with Crippen molar-refractivity contribution >= 4 is 0 Å². The summed E-state index contributed by atoms with van der Waals surface area (Å²) in [4.78, 5) is 0. The van der Waals surface area contributed by atoms with Crippen LogP contribution in [0.2, 0.25) is 0 Å². The summed E-state index contributed by atoms with van der Waals surface area (Å²) in [5.74, 6) is 0. The molecule has 0 saturated carbocycles. The predicted molar refractivity (Wildman–Crippen MR) is 104 cm³/mol. The van der Waals surface area contributed by atoms with E-state index < -0.39 is 0 Å².